The molecule has 0 saturated carbocycles. The number of phenols is 1. The number of primary amides is 1. The van der Waals surface area contributed by atoms with Gasteiger partial charge < -0.3 is 32.5 Å². The van der Waals surface area contributed by atoms with Crippen molar-refractivity contribution in [1.82, 2.24) is 16.0 Å². The van der Waals surface area contributed by atoms with E-state index in [-0.39, 0.29) is 61.7 Å². The van der Waals surface area contributed by atoms with Crippen LogP contribution >= 0.6 is 11.8 Å². The number of rotatable bonds is 39. The van der Waals surface area contributed by atoms with Crippen molar-refractivity contribution >= 4 is 52.7 Å². The molecule has 5 atom stereocenters. The predicted octanol–water partition coefficient (Wildman–Crippen LogP) is 7.17. The zero-order valence-electron chi connectivity index (χ0n) is 38.4. The topological polar surface area (TPSA) is 228 Å². The number of amides is 4. The van der Waals surface area contributed by atoms with Gasteiger partial charge in [-0.1, -0.05) is 110 Å². The van der Waals surface area contributed by atoms with Gasteiger partial charge in [-0.2, -0.15) is 11.8 Å². The van der Waals surface area contributed by atoms with E-state index in [1.807, 2.05) is 6.26 Å². The Labute approximate surface area is 376 Å². The second-order valence-corrected chi connectivity index (χ2v) is 17.9. The first-order valence-corrected chi connectivity index (χ1v) is 24.9. The highest BCUT2D eigenvalue weighted by molar-refractivity contribution is 7.98. The number of carbonyl (C=O) groups is 7. The highest BCUT2D eigenvalue weighted by Gasteiger charge is 2.32. The van der Waals surface area contributed by atoms with Gasteiger partial charge in [0.15, 0.2) is 17.3 Å². The van der Waals surface area contributed by atoms with E-state index >= 15 is 0 Å². The number of carbonyl (C=O) groups excluding carboxylic acids is 7. The first kappa shape index (κ1) is 56.2. The molecule has 0 aliphatic rings. The van der Waals surface area contributed by atoms with Gasteiger partial charge in [-0.3, -0.25) is 33.6 Å². The third-order valence-corrected chi connectivity index (χ3v) is 12.1. The molecular weight excluding hydrogens is 807 g/mol. The lowest BCUT2D eigenvalue weighted by atomic mass is 9.89. The fourth-order valence-electron chi connectivity index (χ4n) is 7.45. The molecule has 0 aliphatic carbocycles. The van der Waals surface area contributed by atoms with E-state index in [1.165, 1.54) is 69.9 Å². The number of benzene rings is 1. The van der Waals surface area contributed by atoms with Gasteiger partial charge in [0.1, 0.15) is 5.75 Å². The SMILES string of the molecule is CCCCCCCCCCCCCCCC(=O)N[C@@H](CCSC)C(=O)C[C@@H](C)C(=O)N[C@@H](Cc1ccc(O)cc1)C(=O)C[C@@H](CCC(N)=O)C(=O)N[C@@H](CCCCN)C(=O)CC. The van der Waals surface area contributed by atoms with Gasteiger partial charge in [-0.25, -0.2) is 0 Å². The molecule has 0 heterocycles. The molecule has 352 valence electrons. The molecule has 13 nitrogen and oxygen atoms in total. The Hall–Kier alpha value is -3.78. The molecule has 4 amide bonds. The Kier molecular flexibility index (Phi) is 31.5. The summed E-state index contributed by atoms with van der Waals surface area (Å²) in [6, 6.07) is 3.50. The normalized spacial score (nSPS) is 13.6. The molecule has 0 unspecified atom stereocenters. The van der Waals surface area contributed by atoms with Gasteiger partial charge in [0.2, 0.25) is 23.6 Å². The zero-order chi connectivity index (χ0) is 46.1. The number of nitrogens with one attached hydrogen (secondary N) is 3. The van der Waals surface area contributed by atoms with Gasteiger partial charge in [0.05, 0.1) is 18.1 Å². The van der Waals surface area contributed by atoms with Crippen LogP contribution in [0.1, 0.15) is 174 Å². The average Bonchev–Trinajstić information content (AvgIpc) is 3.24. The Bertz CT molecular complexity index is 1480. The molecule has 14 heteroatoms. The van der Waals surface area contributed by atoms with Crippen molar-refractivity contribution in [3.63, 3.8) is 0 Å². The maximum atomic E-state index is 14.1. The smallest absolute Gasteiger partial charge is 0.224 e. The first-order valence-electron chi connectivity index (χ1n) is 23.5. The maximum absolute atomic E-state index is 14.1. The molecule has 0 bridgehead atoms. The summed E-state index contributed by atoms with van der Waals surface area (Å²) in [6.45, 7) is 5.97. The minimum atomic E-state index is -1.13. The molecule has 1 aromatic carbocycles. The summed E-state index contributed by atoms with van der Waals surface area (Å²) in [6.07, 6.45) is 19.5. The minimum Gasteiger partial charge on any atom is -0.508 e. The molecule has 62 heavy (non-hydrogen) atoms. The Morgan fingerprint density at radius 3 is 1.73 bits per heavy atom. The number of hydrogen-bond acceptors (Lipinski definition) is 10. The summed E-state index contributed by atoms with van der Waals surface area (Å²) in [7, 11) is 0. The van der Waals surface area contributed by atoms with Crippen LogP contribution in [0.3, 0.4) is 0 Å². The second-order valence-electron chi connectivity index (χ2n) is 16.9. The highest BCUT2D eigenvalue weighted by Crippen LogP contribution is 2.20. The molecule has 0 spiro atoms. The largest absolute Gasteiger partial charge is 0.508 e. The van der Waals surface area contributed by atoms with Crippen LogP contribution in [0.4, 0.5) is 0 Å². The first-order chi connectivity index (χ1) is 29.8. The number of hydrogen-bond donors (Lipinski definition) is 6. The van der Waals surface area contributed by atoms with E-state index in [0.717, 1.165) is 25.7 Å². The van der Waals surface area contributed by atoms with E-state index in [4.69, 9.17) is 11.5 Å². The lowest BCUT2D eigenvalue weighted by molar-refractivity contribution is -0.135. The number of unbranched alkanes of at least 4 members (excludes halogenated alkanes) is 13. The third-order valence-electron chi connectivity index (χ3n) is 11.4. The molecule has 1 rings (SSSR count). The van der Waals surface area contributed by atoms with Crippen molar-refractivity contribution in [2.75, 3.05) is 18.6 Å². The van der Waals surface area contributed by atoms with Crippen LogP contribution in [0.5, 0.6) is 5.75 Å². The summed E-state index contributed by atoms with van der Waals surface area (Å²) in [5.74, 6) is -4.09. The van der Waals surface area contributed by atoms with Gasteiger partial charge in [-0.15, -0.1) is 0 Å². The quantitative estimate of drug-likeness (QED) is 0.0365. The van der Waals surface area contributed by atoms with Crippen molar-refractivity contribution in [3.05, 3.63) is 29.8 Å². The molecule has 0 radical (unpaired) electrons. The van der Waals surface area contributed by atoms with Crippen LogP contribution in [-0.4, -0.2) is 82.8 Å². The van der Waals surface area contributed by atoms with Crippen LogP contribution in [-0.2, 0) is 40.0 Å². The van der Waals surface area contributed by atoms with Crippen molar-refractivity contribution in [2.45, 2.75) is 193 Å². The van der Waals surface area contributed by atoms with Crippen LogP contribution in [0.25, 0.3) is 0 Å². The van der Waals surface area contributed by atoms with E-state index < -0.39 is 53.5 Å². The van der Waals surface area contributed by atoms with Crippen molar-refractivity contribution in [2.24, 2.45) is 23.3 Å². The van der Waals surface area contributed by atoms with Crippen LogP contribution in [0, 0.1) is 11.8 Å². The van der Waals surface area contributed by atoms with E-state index in [9.17, 15) is 38.7 Å². The Morgan fingerprint density at radius 2 is 1.18 bits per heavy atom. The fourth-order valence-corrected chi connectivity index (χ4v) is 7.92. The number of Topliss-reactive ketones (excluding diaryl/α,β-unsaturated/α-hetero) is 3. The van der Waals surface area contributed by atoms with E-state index in [1.54, 1.807) is 37.7 Å². The number of aromatic hydroxyl groups is 1. The number of phenolic OH excluding ortho intramolecular Hbond substituents is 1. The lowest BCUT2D eigenvalue weighted by Crippen LogP contribution is -2.48. The summed E-state index contributed by atoms with van der Waals surface area (Å²) in [5, 5.41) is 18.4. The molecular formula is C48H81N5O8S. The van der Waals surface area contributed by atoms with Crippen LogP contribution in [0.15, 0.2) is 24.3 Å². The van der Waals surface area contributed by atoms with E-state index in [0.29, 0.717) is 50.0 Å². The van der Waals surface area contributed by atoms with Gasteiger partial charge >= 0.3 is 0 Å². The second kappa shape index (κ2) is 34.7. The van der Waals surface area contributed by atoms with Gasteiger partial charge in [0.25, 0.3) is 0 Å². The number of nitrogens with two attached hydrogens (primary N) is 2. The Balaban J connectivity index is 2.95. The number of ketones is 3. The summed E-state index contributed by atoms with van der Waals surface area (Å²) < 4.78 is 0. The van der Waals surface area contributed by atoms with Crippen LogP contribution < -0.4 is 27.4 Å². The minimum absolute atomic E-state index is 0.0195. The molecule has 0 saturated heterocycles. The predicted molar refractivity (Wildman–Crippen MR) is 249 cm³/mol. The van der Waals surface area contributed by atoms with Crippen molar-refractivity contribution in [3.8, 4) is 5.75 Å². The van der Waals surface area contributed by atoms with Crippen LogP contribution in [0.2, 0.25) is 0 Å². The summed E-state index contributed by atoms with van der Waals surface area (Å²) >= 11 is 1.56. The van der Waals surface area contributed by atoms with Crippen molar-refractivity contribution in [1.29, 1.82) is 0 Å². The van der Waals surface area contributed by atoms with Crippen molar-refractivity contribution < 1.29 is 38.7 Å². The standard InChI is InChI=1S/C48H81N5O8S/c1-5-7-8-9-10-11-12-13-14-15-16-17-18-22-46(59)51-40(29-31-62-4)43(56)32-35(3)47(60)53-41(33-36-23-26-38(54)27-24-36)44(57)34-37(25-28-45(50)58)48(61)52-39(42(55)6-2)21-19-20-30-49/h23-24,26-27,35,37,39-41,54H,5-22,25,28-34,49H2,1-4H3,(H2,50,58)(H,51,59)(H,52,61)(H,53,60)/t35-,37-,39+,40+,41+/m1/s1. The maximum Gasteiger partial charge on any atom is 0.224 e. The zero-order valence-corrected chi connectivity index (χ0v) is 39.3. The third kappa shape index (κ3) is 26.0. The molecule has 1 aromatic rings. The highest BCUT2D eigenvalue weighted by atomic mass is 32.2. The molecule has 0 aromatic heterocycles. The Morgan fingerprint density at radius 1 is 0.629 bits per heavy atom. The fraction of sp³-hybridized carbons (Fsp3) is 0.729. The van der Waals surface area contributed by atoms with Gasteiger partial charge in [-0.05, 0) is 81.2 Å². The molecule has 0 aliphatic heterocycles. The molecule has 8 N–H and O–H groups in total. The summed E-state index contributed by atoms with van der Waals surface area (Å²) in [4.78, 5) is 92.5. The monoisotopic (exact) mass is 888 g/mol. The van der Waals surface area contributed by atoms with Gasteiger partial charge in [0, 0.05) is 43.9 Å². The average molecular weight is 888 g/mol. The van der Waals surface area contributed by atoms with E-state index in [2.05, 4.69) is 22.9 Å². The molecule has 0 fully saturated rings. The summed E-state index contributed by atoms with van der Waals surface area (Å²) in [5.41, 5.74) is 11.7. The lowest BCUT2D eigenvalue weighted by Gasteiger charge is -2.25. The number of thioether (sulfide) groups is 1.